The molecular weight excluding hydrogens is 122 g/mol. The van der Waals surface area contributed by atoms with Crippen LogP contribution in [0.3, 0.4) is 0 Å². The summed E-state index contributed by atoms with van der Waals surface area (Å²) in [6, 6.07) is 0. The van der Waals surface area contributed by atoms with Crippen LogP contribution in [0.2, 0.25) is 0 Å². The molecule has 1 heteroatoms. The van der Waals surface area contributed by atoms with Crippen molar-refractivity contribution in [3.63, 3.8) is 0 Å². The van der Waals surface area contributed by atoms with Gasteiger partial charge in [-0.1, -0.05) is 27.2 Å². The summed E-state index contributed by atoms with van der Waals surface area (Å²) in [5, 5.41) is 3.32. The average Bonchev–Trinajstić information content (AvgIpc) is 1.91. The van der Waals surface area contributed by atoms with Crippen molar-refractivity contribution in [2.45, 2.75) is 40.0 Å². The summed E-state index contributed by atoms with van der Waals surface area (Å²) in [4.78, 5) is 0. The van der Waals surface area contributed by atoms with Crippen molar-refractivity contribution < 1.29 is 0 Å². The van der Waals surface area contributed by atoms with Crippen LogP contribution < -0.4 is 5.32 Å². The molecule has 0 aromatic carbocycles. The second-order valence-electron chi connectivity index (χ2n) is 3.14. The number of nitrogens with one attached hydrogen (secondary N) is 1. The molecule has 1 aliphatic rings. The first-order valence-electron chi connectivity index (χ1n) is 4.52. The van der Waals surface area contributed by atoms with Crippen molar-refractivity contribution in [2.24, 2.45) is 5.92 Å². The van der Waals surface area contributed by atoms with Gasteiger partial charge in [-0.15, -0.1) is 0 Å². The monoisotopic (exact) mass is 143 g/mol. The lowest BCUT2D eigenvalue weighted by Gasteiger charge is -2.17. The number of piperidine rings is 1. The lowest BCUT2D eigenvalue weighted by atomic mass is 10.0. The van der Waals surface area contributed by atoms with Crippen LogP contribution in [0.15, 0.2) is 0 Å². The van der Waals surface area contributed by atoms with Gasteiger partial charge in [-0.3, -0.25) is 0 Å². The van der Waals surface area contributed by atoms with Gasteiger partial charge in [0.25, 0.3) is 0 Å². The van der Waals surface area contributed by atoms with Crippen molar-refractivity contribution in [1.82, 2.24) is 5.32 Å². The Bertz CT molecular complexity index is 55.7. The molecule has 0 spiro atoms. The van der Waals surface area contributed by atoms with Gasteiger partial charge in [0.2, 0.25) is 0 Å². The fourth-order valence-corrected chi connectivity index (χ4v) is 0.966. The predicted octanol–water partition coefficient (Wildman–Crippen LogP) is 2.42. The van der Waals surface area contributed by atoms with Crippen LogP contribution in [0.5, 0.6) is 0 Å². The molecule has 1 heterocycles. The van der Waals surface area contributed by atoms with Gasteiger partial charge in [0, 0.05) is 0 Å². The summed E-state index contributed by atoms with van der Waals surface area (Å²) >= 11 is 0. The molecule has 1 aliphatic heterocycles. The quantitative estimate of drug-likeness (QED) is 0.549. The van der Waals surface area contributed by atoms with E-state index >= 15 is 0 Å². The molecule has 1 N–H and O–H groups in total. The molecule has 10 heavy (non-hydrogen) atoms. The predicted molar refractivity (Wildman–Crippen MR) is 47.2 cm³/mol. The highest BCUT2D eigenvalue weighted by atomic mass is 14.9. The molecule has 0 saturated carbocycles. The van der Waals surface area contributed by atoms with E-state index in [1.807, 2.05) is 0 Å². The van der Waals surface area contributed by atoms with E-state index in [4.69, 9.17) is 0 Å². The van der Waals surface area contributed by atoms with Gasteiger partial charge in [0.05, 0.1) is 0 Å². The Morgan fingerprint density at radius 2 is 1.60 bits per heavy atom. The largest absolute Gasteiger partial charge is 0.317 e. The van der Waals surface area contributed by atoms with E-state index in [1.54, 1.807) is 0 Å². The molecule has 1 fully saturated rings. The van der Waals surface area contributed by atoms with Gasteiger partial charge in [0.15, 0.2) is 0 Å². The third kappa shape index (κ3) is 6.09. The Balaban J connectivity index is 0.000000236. The van der Waals surface area contributed by atoms with Crippen LogP contribution in [0.25, 0.3) is 0 Å². The van der Waals surface area contributed by atoms with Crippen LogP contribution in [-0.2, 0) is 0 Å². The zero-order chi connectivity index (χ0) is 7.82. The minimum atomic E-state index is 0.973. The minimum Gasteiger partial charge on any atom is -0.317 e. The smallest absolute Gasteiger partial charge is 0.00464 e. The third-order valence-electron chi connectivity index (χ3n) is 1.63. The molecule has 62 valence electrons. The molecule has 1 rings (SSSR count). The first-order valence-corrected chi connectivity index (χ1v) is 4.52. The Morgan fingerprint density at radius 1 is 1.20 bits per heavy atom. The van der Waals surface area contributed by atoms with Gasteiger partial charge < -0.3 is 5.32 Å². The molecule has 0 amide bonds. The topological polar surface area (TPSA) is 12.0 Å². The molecule has 1 saturated heterocycles. The van der Waals surface area contributed by atoms with E-state index in [0.717, 1.165) is 5.92 Å². The van der Waals surface area contributed by atoms with Crippen molar-refractivity contribution in [2.75, 3.05) is 13.1 Å². The standard InChI is InChI=1S/C6H13N.C3H8/c1-6-2-4-7-5-3-6;1-3-2/h6-7H,2-5H2,1H3;3H2,1-2H3. The van der Waals surface area contributed by atoms with E-state index in [9.17, 15) is 0 Å². The van der Waals surface area contributed by atoms with Gasteiger partial charge >= 0.3 is 0 Å². The summed E-state index contributed by atoms with van der Waals surface area (Å²) in [6.45, 7) is 9.04. The fourth-order valence-electron chi connectivity index (χ4n) is 0.966. The van der Waals surface area contributed by atoms with Crippen LogP contribution in [0.4, 0.5) is 0 Å². The molecule has 0 aromatic heterocycles. The molecule has 0 unspecified atom stereocenters. The van der Waals surface area contributed by atoms with Crippen LogP contribution in [0.1, 0.15) is 40.0 Å². The number of hydrogen-bond donors (Lipinski definition) is 1. The lowest BCUT2D eigenvalue weighted by Crippen LogP contribution is -2.26. The Labute approximate surface area is 65.2 Å². The summed E-state index contributed by atoms with van der Waals surface area (Å²) in [7, 11) is 0. The summed E-state index contributed by atoms with van der Waals surface area (Å²) < 4.78 is 0. The van der Waals surface area contributed by atoms with E-state index in [-0.39, 0.29) is 0 Å². The second-order valence-corrected chi connectivity index (χ2v) is 3.14. The number of hydrogen-bond acceptors (Lipinski definition) is 1. The molecule has 0 radical (unpaired) electrons. The molecule has 1 nitrogen and oxygen atoms in total. The molecule has 0 aromatic rings. The minimum absolute atomic E-state index is 0.973. The lowest BCUT2D eigenvalue weighted by molar-refractivity contribution is 0.402. The SMILES string of the molecule is CC1CCNCC1.CCC. The van der Waals surface area contributed by atoms with Gasteiger partial charge in [-0.25, -0.2) is 0 Å². The zero-order valence-electron chi connectivity index (χ0n) is 7.61. The zero-order valence-corrected chi connectivity index (χ0v) is 7.61. The molecular formula is C9H21N. The molecule has 0 aliphatic carbocycles. The Kier molecular flexibility index (Phi) is 7.04. The highest BCUT2D eigenvalue weighted by molar-refractivity contribution is 4.62. The van der Waals surface area contributed by atoms with Crippen molar-refractivity contribution in [3.05, 3.63) is 0 Å². The van der Waals surface area contributed by atoms with E-state index in [0.29, 0.717) is 0 Å². The maximum atomic E-state index is 3.32. The van der Waals surface area contributed by atoms with Gasteiger partial charge in [-0.2, -0.15) is 0 Å². The summed E-state index contributed by atoms with van der Waals surface area (Å²) in [6.07, 6.45) is 4.00. The van der Waals surface area contributed by atoms with E-state index < -0.39 is 0 Å². The van der Waals surface area contributed by atoms with Crippen LogP contribution >= 0.6 is 0 Å². The first kappa shape index (κ1) is 9.96. The highest BCUT2D eigenvalue weighted by Gasteiger charge is 2.04. The van der Waals surface area contributed by atoms with Crippen molar-refractivity contribution >= 4 is 0 Å². The maximum Gasteiger partial charge on any atom is -0.00464 e. The summed E-state index contributed by atoms with van der Waals surface area (Å²) in [5.41, 5.74) is 0. The van der Waals surface area contributed by atoms with Crippen LogP contribution in [0, 0.1) is 5.92 Å². The average molecular weight is 143 g/mol. The van der Waals surface area contributed by atoms with Crippen LogP contribution in [-0.4, -0.2) is 13.1 Å². The Hall–Kier alpha value is -0.0400. The van der Waals surface area contributed by atoms with Gasteiger partial charge in [0.1, 0.15) is 0 Å². The Morgan fingerprint density at radius 3 is 1.80 bits per heavy atom. The van der Waals surface area contributed by atoms with Crippen molar-refractivity contribution in [3.8, 4) is 0 Å². The molecule has 0 atom stereocenters. The third-order valence-corrected chi connectivity index (χ3v) is 1.63. The highest BCUT2D eigenvalue weighted by Crippen LogP contribution is 2.08. The number of rotatable bonds is 0. The second kappa shape index (κ2) is 7.07. The normalized spacial score (nSPS) is 19.5. The first-order chi connectivity index (χ1) is 4.81. The summed E-state index contributed by atoms with van der Waals surface area (Å²) in [5.74, 6) is 0.973. The van der Waals surface area contributed by atoms with Crippen molar-refractivity contribution in [1.29, 1.82) is 0 Å². The van der Waals surface area contributed by atoms with E-state index in [1.165, 1.54) is 32.4 Å². The fraction of sp³-hybridized carbons (Fsp3) is 1.00. The van der Waals surface area contributed by atoms with E-state index in [2.05, 4.69) is 26.1 Å². The van der Waals surface area contributed by atoms with Gasteiger partial charge in [-0.05, 0) is 31.8 Å². The molecule has 0 bridgehead atoms. The maximum absolute atomic E-state index is 3.32.